The van der Waals surface area contributed by atoms with Gasteiger partial charge in [0.25, 0.3) is 11.4 Å². The predicted molar refractivity (Wildman–Crippen MR) is 194 cm³/mol. The quantitative estimate of drug-likeness (QED) is 0.0514. The number of carbonyl (C=O) groups excluding carboxylic acids is 1. The van der Waals surface area contributed by atoms with E-state index >= 15 is 0 Å². The van der Waals surface area contributed by atoms with Crippen LogP contribution in [0.4, 0.5) is 27.5 Å². The zero-order valence-electron chi connectivity index (χ0n) is 28.9. The molecule has 276 valence electrons. The van der Waals surface area contributed by atoms with Gasteiger partial charge in [0, 0.05) is 24.2 Å². The highest BCUT2D eigenvalue weighted by atomic mass is 16.6. The van der Waals surface area contributed by atoms with E-state index in [0.717, 1.165) is 28.3 Å². The van der Waals surface area contributed by atoms with Crippen molar-refractivity contribution in [1.29, 1.82) is 0 Å². The Bertz CT molecular complexity index is 1780. The maximum atomic E-state index is 13.4. The van der Waals surface area contributed by atoms with Crippen molar-refractivity contribution in [2.24, 2.45) is 0 Å². The van der Waals surface area contributed by atoms with Gasteiger partial charge < -0.3 is 25.1 Å². The Morgan fingerprint density at radius 1 is 1.02 bits per heavy atom. The van der Waals surface area contributed by atoms with E-state index in [4.69, 9.17) is 9.47 Å². The molecule has 16 nitrogen and oxygen atoms in total. The molecule has 0 bridgehead atoms. The molecule has 0 saturated carbocycles. The summed E-state index contributed by atoms with van der Waals surface area (Å²) in [5, 5.41) is 46.9. The smallest absolute Gasteiger partial charge is 0.416 e. The van der Waals surface area contributed by atoms with Gasteiger partial charge >= 0.3 is 12.1 Å². The van der Waals surface area contributed by atoms with Crippen LogP contribution in [0.15, 0.2) is 90.5 Å². The first kappa shape index (κ1) is 39.1. The molecule has 4 rings (SSSR count). The molecule has 0 heterocycles. The van der Waals surface area contributed by atoms with E-state index in [-0.39, 0.29) is 31.5 Å². The molecular weight excluding hydrogens is 676 g/mol. The van der Waals surface area contributed by atoms with Crippen LogP contribution in [0.5, 0.6) is 0 Å². The highest BCUT2D eigenvalue weighted by Crippen LogP contribution is 2.42. The maximum absolute atomic E-state index is 13.4. The Kier molecular flexibility index (Phi) is 14.3. The number of hydrogen-bond donors (Lipinski definition) is 4. The van der Waals surface area contributed by atoms with Crippen molar-refractivity contribution < 1.29 is 39.2 Å². The molecule has 0 aromatic heterocycles. The molecular formula is C36H42N6O10. The lowest BCUT2D eigenvalue weighted by atomic mass is 9.98. The largest absolute Gasteiger partial charge is 0.613 e. The summed E-state index contributed by atoms with van der Waals surface area (Å²) in [6.07, 6.45) is 4.81. The topological polar surface area (TPSA) is 214 Å². The molecule has 16 heteroatoms. The number of rotatable bonds is 20. The van der Waals surface area contributed by atoms with Gasteiger partial charge in [0.2, 0.25) is 0 Å². The number of nitro groups is 2. The number of anilines is 2. The normalized spacial score (nSPS) is 14.9. The number of aliphatic carboxylic acids is 1. The molecule has 3 aromatic carbocycles. The third-order valence-corrected chi connectivity index (χ3v) is 8.49. The molecule has 1 amide bonds. The molecule has 1 aliphatic rings. The third kappa shape index (κ3) is 10.4. The highest BCUT2D eigenvalue weighted by Gasteiger charge is 2.30. The minimum atomic E-state index is -1.38. The number of hydrogen-bond acceptors (Lipinski definition) is 11. The predicted octanol–water partition coefficient (Wildman–Crippen LogP) is 5.19. The monoisotopic (exact) mass is 718 g/mol. The number of benzene rings is 3. The molecule has 0 aliphatic heterocycles. The molecule has 0 saturated heterocycles. The van der Waals surface area contributed by atoms with Crippen LogP contribution < -0.4 is 20.8 Å². The summed E-state index contributed by atoms with van der Waals surface area (Å²) in [7, 11) is 0. The van der Waals surface area contributed by atoms with Gasteiger partial charge in [0.05, 0.1) is 29.1 Å². The second-order valence-corrected chi connectivity index (χ2v) is 12.0. The van der Waals surface area contributed by atoms with Crippen LogP contribution in [0, 0.1) is 25.4 Å². The lowest BCUT2D eigenvalue weighted by molar-refractivity contribution is -0.898. The van der Waals surface area contributed by atoms with Crippen molar-refractivity contribution >= 4 is 40.4 Å². The zero-order valence-corrected chi connectivity index (χ0v) is 28.9. The summed E-state index contributed by atoms with van der Waals surface area (Å²) in [5.41, 5.74) is 6.59. The Morgan fingerprint density at radius 2 is 1.75 bits per heavy atom. The van der Waals surface area contributed by atoms with E-state index in [0.29, 0.717) is 31.5 Å². The first-order valence-corrected chi connectivity index (χ1v) is 16.7. The lowest BCUT2D eigenvalue weighted by Crippen LogP contribution is -3.15. The Hall–Kier alpha value is -5.68. The molecule has 1 aliphatic carbocycles. The van der Waals surface area contributed by atoms with Crippen LogP contribution >= 0.6 is 0 Å². The van der Waals surface area contributed by atoms with Crippen molar-refractivity contribution in [2.45, 2.75) is 45.1 Å². The van der Waals surface area contributed by atoms with Crippen molar-refractivity contribution in [1.82, 2.24) is 5.43 Å². The summed E-state index contributed by atoms with van der Waals surface area (Å²) in [6, 6.07) is 18.6. The number of amides is 1. The summed E-state index contributed by atoms with van der Waals surface area (Å²) >= 11 is 0. The lowest BCUT2D eigenvalue weighted by Gasteiger charge is -2.27. The number of carboxylic acids is 1. The molecule has 3 atom stereocenters. The Morgan fingerprint density at radius 3 is 2.44 bits per heavy atom. The van der Waals surface area contributed by atoms with E-state index in [1.807, 2.05) is 50.3 Å². The minimum absolute atomic E-state index is 0.0256. The fourth-order valence-electron chi connectivity index (χ4n) is 5.80. The summed E-state index contributed by atoms with van der Waals surface area (Å²) in [4.78, 5) is 47.4. The van der Waals surface area contributed by atoms with E-state index in [2.05, 4.69) is 10.7 Å². The molecule has 2 unspecified atom stereocenters. The Balaban J connectivity index is 1.25. The SMILES string of the molecule is C/C=C\C1=C(C)C(COC(=O)N(COC[C@H](N[NH+]([O-])CCCCCNc2ccc([N+](=O)[O-])cc2[N+](=O)[O-])C(=O)O)c2ccccc2)c2ccccc21. The number of non-ortho nitro benzene ring substituents is 1. The first-order valence-electron chi connectivity index (χ1n) is 16.7. The maximum Gasteiger partial charge on any atom is 0.416 e. The average Bonchev–Trinajstić information content (AvgIpc) is 3.39. The van der Waals surface area contributed by atoms with Gasteiger partial charge in [-0.25, -0.2) is 4.79 Å². The first-order chi connectivity index (χ1) is 25.0. The van der Waals surface area contributed by atoms with Gasteiger partial charge in [-0.15, -0.1) is 0 Å². The average molecular weight is 719 g/mol. The van der Waals surface area contributed by atoms with E-state index in [1.54, 1.807) is 30.3 Å². The summed E-state index contributed by atoms with van der Waals surface area (Å²) in [5.74, 6) is -1.44. The number of carbonyl (C=O) groups is 2. The van der Waals surface area contributed by atoms with Gasteiger partial charge in [0.1, 0.15) is 19.0 Å². The minimum Gasteiger partial charge on any atom is -0.613 e. The standard InChI is InChI=1S/C36H42N6O10/c1-3-12-28-25(2)31(30-16-9-8-15-29(28)30)22-52-36(45)39(26-13-6-4-7-14-26)24-51-23-33(35(43)44)38-40(46)20-11-5-10-19-37-32-18-17-27(41(47)48)21-34(32)42(49)50/h3-4,6-9,12-18,21,31,33,37-38,40H,5,10-11,19-20,22-24H2,1-2H3,(H,43,44)/b12-3-/t31?,33-/m0/s1. The van der Waals surface area contributed by atoms with Gasteiger partial charge in [-0.1, -0.05) is 60.2 Å². The van der Waals surface area contributed by atoms with E-state index in [1.165, 1.54) is 17.0 Å². The van der Waals surface area contributed by atoms with Crippen molar-refractivity contribution in [3.8, 4) is 0 Å². The molecule has 0 spiro atoms. The number of hydroxylamine groups is 1. The number of fused-ring (bicyclic) bond motifs is 1. The van der Waals surface area contributed by atoms with Crippen LogP contribution in [0.1, 0.15) is 50.2 Å². The van der Waals surface area contributed by atoms with Crippen LogP contribution in [0.3, 0.4) is 0 Å². The molecule has 0 fully saturated rings. The number of nitro benzene ring substituents is 2. The van der Waals surface area contributed by atoms with Crippen molar-refractivity contribution in [2.75, 3.05) is 43.3 Å². The van der Waals surface area contributed by atoms with Crippen LogP contribution in [-0.2, 0) is 14.3 Å². The zero-order chi connectivity index (χ0) is 37.6. The molecule has 0 radical (unpaired) electrons. The van der Waals surface area contributed by atoms with Crippen molar-refractivity contribution in [3.63, 3.8) is 0 Å². The third-order valence-electron chi connectivity index (χ3n) is 8.49. The van der Waals surface area contributed by atoms with E-state index in [9.17, 15) is 40.1 Å². The number of quaternary nitrogens is 1. The second kappa shape index (κ2) is 19.1. The number of nitrogens with one attached hydrogen (secondary N) is 3. The number of nitrogens with zero attached hydrogens (tertiary/aromatic N) is 3. The summed E-state index contributed by atoms with van der Waals surface area (Å²) in [6.45, 7) is 3.65. The second-order valence-electron chi connectivity index (χ2n) is 12.0. The highest BCUT2D eigenvalue weighted by molar-refractivity contribution is 5.88. The van der Waals surface area contributed by atoms with Gasteiger partial charge in [-0.3, -0.25) is 35.1 Å². The van der Waals surface area contributed by atoms with Gasteiger partial charge in [-0.05, 0) is 68.0 Å². The Labute approximate surface area is 300 Å². The number of para-hydroxylation sites is 1. The number of ether oxygens (including phenoxy) is 2. The number of carboxylic acid groups (broad SMARTS) is 1. The fourth-order valence-corrected chi connectivity index (χ4v) is 5.80. The fraction of sp³-hybridized carbons (Fsp3) is 0.333. The molecule has 3 aromatic rings. The van der Waals surface area contributed by atoms with Gasteiger partial charge in [0.15, 0.2) is 6.04 Å². The van der Waals surface area contributed by atoms with Crippen LogP contribution in [-0.4, -0.2) is 66.1 Å². The van der Waals surface area contributed by atoms with Crippen molar-refractivity contribution in [3.05, 3.63) is 127 Å². The van der Waals surface area contributed by atoms with Crippen LogP contribution in [0.2, 0.25) is 0 Å². The van der Waals surface area contributed by atoms with Crippen LogP contribution in [0.25, 0.3) is 5.57 Å². The van der Waals surface area contributed by atoms with Gasteiger partial charge in [-0.2, -0.15) is 5.43 Å². The molecule has 52 heavy (non-hydrogen) atoms. The number of allylic oxidation sites excluding steroid dienone is 3. The summed E-state index contributed by atoms with van der Waals surface area (Å²) < 4.78 is 11.5. The van der Waals surface area contributed by atoms with E-state index < -0.39 is 51.1 Å². The number of unbranched alkanes of at least 4 members (excludes halogenated alkanes) is 2. The molecule has 4 N–H and O–H groups in total.